The molecule has 3 aromatic rings. The van der Waals surface area contributed by atoms with Gasteiger partial charge in [0, 0.05) is 23.2 Å². The number of rotatable bonds is 4. The molecule has 2 aromatic carbocycles. The quantitative estimate of drug-likeness (QED) is 0.641. The lowest BCUT2D eigenvalue weighted by Gasteiger charge is -2.21. The van der Waals surface area contributed by atoms with Gasteiger partial charge in [-0.2, -0.15) is 5.26 Å². The highest BCUT2D eigenvalue weighted by atomic mass is 32.1. The van der Waals surface area contributed by atoms with Crippen LogP contribution in [0.1, 0.15) is 12.5 Å². The summed E-state index contributed by atoms with van der Waals surface area (Å²) in [6.07, 6.45) is 0. The number of benzene rings is 2. The molecule has 0 N–H and O–H groups in total. The second-order valence-electron chi connectivity index (χ2n) is 4.89. The van der Waals surface area contributed by atoms with Gasteiger partial charge >= 0.3 is 0 Å². The molecule has 0 spiro atoms. The van der Waals surface area contributed by atoms with Gasteiger partial charge in [-0.05, 0) is 24.6 Å². The Bertz CT molecular complexity index is 785. The van der Waals surface area contributed by atoms with E-state index in [2.05, 4.69) is 35.4 Å². The molecule has 3 rings (SSSR count). The van der Waals surface area contributed by atoms with Crippen molar-refractivity contribution < 1.29 is 0 Å². The molecule has 0 radical (unpaired) electrons. The third kappa shape index (κ3) is 2.61. The molecule has 1 aromatic heterocycles. The molecular formula is C19H16N2S. The Labute approximate surface area is 134 Å². The van der Waals surface area contributed by atoms with Gasteiger partial charge < -0.3 is 4.90 Å². The van der Waals surface area contributed by atoms with Crippen LogP contribution in [0.25, 0.3) is 11.1 Å². The SMILES string of the molecule is CCN(c1ccccc1)c1scc(-c2ccccc2)c1C#N. The average Bonchev–Trinajstić information content (AvgIpc) is 3.01. The van der Waals surface area contributed by atoms with Crippen LogP contribution in [0, 0.1) is 11.3 Å². The van der Waals surface area contributed by atoms with Gasteiger partial charge in [0.25, 0.3) is 0 Å². The van der Waals surface area contributed by atoms with E-state index in [1.165, 1.54) is 0 Å². The first-order chi connectivity index (χ1) is 10.8. The normalized spacial score (nSPS) is 10.2. The zero-order valence-corrected chi connectivity index (χ0v) is 13.2. The summed E-state index contributed by atoms with van der Waals surface area (Å²) in [5.74, 6) is 0. The lowest BCUT2D eigenvalue weighted by molar-refractivity contribution is 1.04. The van der Waals surface area contributed by atoms with Crippen molar-refractivity contribution in [2.75, 3.05) is 11.4 Å². The zero-order chi connectivity index (χ0) is 15.4. The molecular weight excluding hydrogens is 288 g/mol. The summed E-state index contributed by atoms with van der Waals surface area (Å²) in [7, 11) is 0. The summed E-state index contributed by atoms with van der Waals surface area (Å²) >= 11 is 1.63. The van der Waals surface area contributed by atoms with Crippen molar-refractivity contribution in [2.24, 2.45) is 0 Å². The second kappa shape index (κ2) is 6.46. The van der Waals surface area contributed by atoms with Crippen molar-refractivity contribution in [1.29, 1.82) is 5.26 Å². The van der Waals surface area contributed by atoms with Crippen molar-refractivity contribution in [3.8, 4) is 17.2 Å². The van der Waals surface area contributed by atoms with Crippen molar-refractivity contribution in [3.63, 3.8) is 0 Å². The fourth-order valence-electron chi connectivity index (χ4n) is 2.54. The number of anilines is 2. The summed E-state index contributed by atoms with van der Waals surface area (Å²) in [6.45, 7) is 2.93. The first-order valence-electron chi connectivity index (χ1n) is 7.24. The van der Waals surface area contributed by atoms with Gasteiger partial charge in [-0.1, -0.05) is 48.5 Å². The standard InChI is InChI=1S/C19H16N2S/c1-2-21(16-11-7-4-8-12-16)19-17(13-20)18(14-22-19)15-9-5-3-6-10-15/h3-12,14H,2H2,1H3. The molecule has 0 aliphatic heterocycles. The van der Waals surface area contributed by atoms with E-state index in [4.69, 9.17) is 0 Å². The van der Waals surface area contributed by atoms with Gasteiger partial charge in [0.05, 0.1) is 5.56 Å². The van der Waals surface area contributed by atoms with Crippen LogP contribution in [0.15, 0.2) is 66.0 Å². The fraction of sp³-hybridized carbons (Fsp3) is 0.105. The minimum Gasteiger partial charge on any atom is -0.332 e. The van der Waals surface area contributed by atoms with E-state index in [1.807, 2.05) is 48.5 Å². The van der Waals surface area contributed by atoms with Gasteiger partial charge in [0.15, 0.2) is 0 Å². The van der Waals surface area contributed by atoms with E-state index in [0.29, 0.717) is 0 Å². The first-order valence-corrected chi connectivity index (χ1v) is 8.12. The molecule has 0 fully saturated rings. The molecule has 0 aliphatic carbocycles. The Morgan fingerprint density at radius 1 is 1.00 bits per heavy atom. The molecule has 3 heteroatoms. The highest BCUT2D eigenvalue weighted by Gasteiger charge is 2.18. The zero-order valence-electron chi connectivity index (χ0n) is 12.4. The van der Waals surface area contributed by atoms with Crippen LogP contribution in [-0.4, -0.2) is 6.54 Å². The monoisotopic (exact) mass is 304 g/mol. The minimum atomic E-state index is 0.752. The molecule has 0 aliphatic rings. The van der Waals surface area contributed by atoms with E-state index >= 15 is 0 Å². The van der Waals surface area contributed by atoms with Crippen molar-refractivity contribution >= 4 is 22.0 Å². The van der Waals surface area contributed by atoms with Crippen LogP contribution < -0.4 is 4.90 Å². The maximum atomic E-state index is 9.67. The van der Waals surface area contributed by atoms with E-state index in [1.54, 1.807) is 11.3 Å². The third-order valence-corrected chi connectivity index (χ3v) is 4.60. The Morgan fingerprint density at radius 3 is 2.23 bits per heavy atom. The summed E-state index contributed by atoms with van der Waals surface area (Å²) in [6, 6.07) is 22.7. The molecule has 0 amide bonds. The summed E-state index contributed by atoms with van der Waals surface area (Å²) in [4.78, 5) is 2.19. The van der Waals surface area contributed by atoms with Gasteiger partial charge in [-0.3, -0.25) is 0 Å². The van der Waals surface area contributed by atoms with Crippen molar-refractivity contribution in [3.05, 3.63) is 71.6 Å². The summed E-state index contributed by atoms with van der Waals surface area (Å²) in [5, 5.41) is 12.8. The highest BCUT2D eigenvalue weighted by molar-refractivity contribution is 7.15. The number of para-hydroxylation sites is 1. The van der Waals surface area contributed by atoms with E-state index in [9.17, 15) is 5.26 Å². The lowest BCUT2D eigenvalue weighted by Crippen LogP contribution is -2.15. The van der Waals surface area contributed by atoms with E-state index in [0.717, 1.165) is 33.9 Å². The van der Waals surface area contributed by atoms with Crippen molar-refractivity contribution in [1.82, 2.24) is 0 Å². The summed E-state index contributed by atoms with van der Waals surface area (Å²) < 4.78 is 0. The number of thiophene rings is 1. The maximum absolute atomic E-state index is 9.67. The molecule has 0 bridgehead atoms. The topological polar surface area (TPSA) is 27.0 Å². The fourth-order valence-corrected chi connectivity index (χ4v) is 3.65. The van der Waals surface area contributed by atoms with Gasteiger partial charge in [0.1, 0.15) is 11.1 Å². The maximum Gasteiger partial charge on any atom is 0.114 e. The molecule has 2 nitrogen and oxygen atoms in total. The van der Waals surface area contributed by atoms with Crippen LogP contribution >= 0.6 is 11.3 Å². The largest absolute Gasteiger partial charge is 0.332 e. The lowest BCUT2D eigenvalue weighted by atomic mass is 10.0. The second-order valence-corrected chi connectivity index (χ2v) is 5.75. The first kappa shape index (κ1) is 14.4. The van der Waals surface area contributed by atoms with Crippen LogP contribution in [0.5, 0.6) is 0 Å². The van der Waals surface area contributed by atoms with Crippen LogP contribution in [-0.2, 0) is 0 Å². The Hall–Kier alpha value is -2.57. The van der Waals surface area contributed by atoms with Crippen LogP contribution in [0.4, 0.5) is 10.7 Å². The van der Waals surface area contributed by atoms with E-state index in [-0.39, 0.29) is 0 Å². The molecule has 0 saturated carbocycles. The van der Waals surface area contributed by atoms with Crippen LogP contribution in [0.3, 0.4) is 0 Å². The molecule has 1 heterocycles. The van der Waals surface area contributed by atoms with Gasteiger partial charge in [0.2, 0.25) is 0 Å². The minimum absolute atomic E-state index is 0.752. The van der Waals surface area contributed by atoms with Crippen molar-refractivity contribution in [2.45, 2.75) is 6.92 Å². The van der Waals surface area contributed by atoms with E-state index < -0.39 is 0 Å². The molecule has 22 heavy (non-hydrogen) atoms. The predicted molar refractivity (Wildman–Crippen MR) is 93.6 cm³/mol. The number of hydrogen-bond donors (Lipinski definition) is 0. The smallest absolute Gasteiger partial charge is 0.114 e. The molecule has 0 unspecified atom stereocenters. The third-order valence-electron chi connectivity index (χ3n) is 3.60. The Kier molecular flexibility index (Phi) is 4.22. The molecule has 0 saturated heterocycles. The Balaban J connectivity index is 2.09. The number of hydrogen-bond acceptors (Lipinski definition) is 3. The number of nitriles is 1. The predicted octanol–water partition coefficient (Wildman–Crippen LogP) is 5.44. The molecule has 0 atom stereocenters. The highest BCUT2D eigenvalue weighted by Crippen LogP contribution is 2.40. The Morgan fingerprint density at radius 2 is 1.64 bits per heavy atom. The van der Waals surface area contributed by atoms with Gasteiger partial charge in [-0.25, -0.2) is 0 Å². The molecule has 108 valence electrons. The van der Waals surface area contributed by atoms with Crippen LogP contribution in [0.2, 0.25) is 0 Å². The number of nitrogens with zero attached hydrogens (tertiary/aromatic N) is 2. The van der Waals surface area contributed by atoms with Gasteiger partial charge in [-0.15, -0.1) is 11.3 Å². The average molecular weight is 304 g/mol. The summed E-state index contributed by atoms with van der Waals surface area (Å²) in [5.41, 5.74) is 3.97.